The Kier molecular flexibility index (Phi) is 3.27. The largest absolute Gasteiger partial charge is 0.348 e. The molecule has 2 aromatic carbocycles. The molecule has 3 N–H and O–H groups in total. The summed E-state index contributed by atoms with van der Waals surface area (Å²) in [4.78, 5) is 28.3. The van der Waals surface area contributed by atoms with Gasteiger partial charge in [-0.15, -0.1) is 0 Å². The lowest BCUT2D eigenvalue weighted by atomic mass is 10.1. The number of aromatic nitrogens is 2. The molecule has 0 spiro atoms. The van der Waals surface area contributed by atoms with Gasteiger partial charge in [0.15, 0.2) is 0 Å². The number of carbonyl (C=O) groups excluding carboxylic acids is 1. The number of aromatic amines is 2. The van der Waals surface area contributed by atoms with E-state index in [4.69, 9.17) is 0 Å². The van der Waals surface area contributed by atoms with Gasteiger partial charge in [0, 0.05) is 6.54 Å². The maximum atomic E-state index is 13.5. The molecule has 0 aliphatic heterocycles. The number of H-pyrrole nitrogens is 2. The van der Waals surface area contributed by atoms with E-state index < -0.39 is 11.7 Å². The monoisotopic (exact) mass is 285 g/mol. The summed E-state index contributed by atoms with van der Waals surface area (Å²) in [7, 11) is 0. The van der Waals surface area contributed by atoms with Crippen molar-refractivity contribution in [3.8, 4) is 0 Å². The number of benzene rings is 2. The van der Waals surface area contributed by atoms with Gasteiger partial charge in [-0.3, -0.25) is 4.79 Å². The lowest BCUT2D eigenvalue weighted by Gasteiger charge is -2.06. The van der Waals surface area contributed by atoms with Crippen molar-refractivity contribution >= 4 is 16.9 Å². The van der Waals surface area contributed by atoms with E-state index >= 15 is 0 Å². The number of carbonyl (C=O) groups is 1. The van der Waals surface area contributed by atoms with Crippen LogP contribution in [0.15, 0.2) is 47.3 Å². The molecule has 0 atom stereocenters. The van der Waals surface area contributed by atoms with Crippen LogP contribution in [-0.4, -0.2) is 15.9 Å². The van der Waals surface area contributed by atoms with Crippen LogP contribution in [0.4, 0.5) is 4.39 Å². The fourth-order valence-electron chi connectivity index (χ4n) is 2.11. The summed E-state index contributed by atoms with van der Waals surface area (Å²) in [5, 5.41) is 2.65. The van der Waals surface area contributed by atoms with Gasteiger partial charge in [0.2, 0.25) is 0 Å². The Hall–Kier alpha value is -2.89. The highest BCUT2D eigenvalue weighted by atomic mass is 19.1. The molecule has 3 rings (SSSR count). The van der Waals surface area contributed by atoms with E-state index in [0.717, 1.165) is 5.56 Å². The first-order valence-corrected chi connectivity index (χ1v) is 6.37. The maximum Gasteiger partial charge on any atom is 0.323 e. The summed E-state index contributed by atoms with van der Waals surface area (Å²) >= 11 is 0. The van der Waals surface area contributed by atoms with Crippen LogP contribution >= 0.6 is 0 Å². The molecule has 106 valence electrons. The molecule has 5 nitrogen and oxygen atoms in total. The smallest absolute Gasteiger partial charge is 0.323 e. The second-order valence-electron chi connectivity index (χ2n) is 4.62. The lowest BCUT2D eigenvalue weighted by molar-refractivity contribution is 0.0947. The molecule has 1 heterocycles. The molecule has 0 saturated carbocycles. The average molecular weight is 285 g/mol. The van der Waals surface area contributed by atoms with Gasteiger partial charge in [0.05, 0.1) is 16.6 Å². The van der Waals surface area contributed by atoms with Crippen LogP contribution in [0.1, 0.15) is 15.9 Å². The number of fused-ring (bicyclic) bond motifs is 1. The topological polar surface area (TPSA) is 77.8 Å². The molecule has 0 saturated heterocycles. The Morgan fingerprint density at radius 2 is 1.86 bits per heavy atom. The normalized spacial score (nSPS) is 10.7. The number of imidazole rings is 1. The predicted octanol–water partition coefficient (Wildman–Crippen LogP) is 1.93. The van der Waals surface area contributed by atoms with E-state index in [1.54, 1.807) is 24.3 Å². The summed E-state index contributed by atoms with van der Waals surface area (Å²) < 4.78 is 13.5. The Morgan fingerprint density at radius 3 is 2.67 bits per heavy atom. The third-order valence-corrected chi connectivity index (χ3v) is 3.15. The van der Waals surface area contributed by atoms with Crippen molar-refractivity contribution < 1.29 is 9.18 Å². The zero-order valence-corrected chi connectivity index (χ0v) is 10.9. The van der Waals surface area contributed by atoms with Gasteiger partial charge < -0.3 is 15.3 Å². The van der Waals surface area contributed by atoms with E-state index in [1.165, 1.54) is 18.2 Å². The molecular weight excluding hydrogens is 273 g/mol. The van der Waals surface area contributed by atoms with Crippen LogP contribution in [0, 0.1) is 5.82 Å². The molecule has 21 heavy (non-hydrogen) atoms. The van der Waals surface area contributed by atoms with Crippen molar-refractivity contribution in [2.75, 3.05) is 0 Å². The van der Waals surface area contributed by atoms with Gasteiger partial charge >= 0.3 is 5.69 Å². The fourth-order valence-corrected chi connectivity index (χ4v) is 2.11. The average Bonchev–Trinajstić information content (AvgIpc) is 2.84. The van der Waals surface area contributed by atoms with Crippen molar-refractivity contribution in [1.82, 2.24) is 15.3 Å². The van der Waals surface area contributed by atoms with Crippen LogP contribution in [0.2, 0.25) is 0 Å². The molecule has 6 heteroatoms. The molecule has 1 aromatic heterocycles. The molecule has 1 amide bonds. The van der Waals surface area contributed by atoms with E-state index in [-0.39, 0.29) is 17.8 Å². The Morgan fingerprint density at radius 1 is 1.10 bits per heavy atom. The van der Waals surface area contributed by atoms with Gasteiger partial charge in [0.1, 0.15) is 5.82 Å². The van der Waals surface area contributed by atoms with Gasteiger partial charge in [-0.1, -0.05) is 18.2 Å². The van der Waals surface area contributed by atoms with Crippen LogP contribution in [0.25, 0.3) is 11.0 Å². The van der Waals surface area contributed by atoms with E-state index in [1.807, 2.05) is 0 Å². The first-order valence-electron chi connectivity index (χ1n) is 6.37. The zero-order chi connectivity index (χ0) is 14.8. The van der Waals surface area contributed by atoms with Crippen molar-refractivity contribution in [3.05, 3.63) is 69.9 Å². The summed E-state index contributed by atoms with van der Waals surface area (Å²) in [6, 6.07) is 11.1. The first-order chi connectivity index (χ1) is 10.1. The Bertz CT molecular complexity index is 866. The molecule has 0 fully saturated rings. The third-order valence-electron chi connectivity index (χ3n) is 3.15. The number of halogens is 1. The van der Waals surface area contributed by atoms with Crippen LogP contribution < -0.4 is 11.0 Å². The summed E-state index contributed by atoms with van der Waals surface area (Å²) in [5.74, 6) is -1.03. The zero-order valence-electron chi connectivity index (χ0n) is 10.9. The van der Waals surface area contributed by atoms with Crippen molar-refractivity contribution in [1.29, 1.82) is 0 Å². The fraction of sp³-hybridized carbons (Fsp3) is 0.0667. The van der Waals surface area contributed by atoms with Crippen LogP contribution in [0.5, 0.6) is 0 Å². The molecule has 0 aliphatic carbocycles. The predicted molar refractivity (Wildman–Crippen MR) is 76.5 cm³/mol. The highest BCUT2D eigenvalue weighted by molar-refractivity contribution is 5.94. The van der Waals surface area contributed by atoms with E-state index in [2.05, 4.69) is 15.3 Å². The third kappa shape index (κ3) is 2.69. The number of hydrogen-bond donors (Lipinski definition) is 3. The Labute approximate surface area is 118 Å². The van der Waals surface area contributed by atoms with Crippen LogP contribution in [0.3, 0.4) is 0 Å². The minimum absolute atomic E-state index is 0.00799. The molecular formula is C15H12FN3O2. The molecule has 0 bridgehead atoms. The number of hydrogen-bond acceptors (Lipinski definition) is 2. The SMILES string of the molecule is O=C(NCc1ccc2[nH]c(=O)[nH]c2c1)c1ccccc1F. The lowest BCUT2D eigenvalue weighted by Crippen LogP contribution is -2.23. The van der Waals surface area contributed by atoms with E-state index in [9.17, 15) is 14.0 Å². The molecule has 0 aliphatic rings. The van der Waals surface area contributed by atoms with Gasteiger partial charge in [-0.25, -0.2) is 9.18 Å². The number of amides is 1. The highest BCUT2D eigenvalue weighted by Gasteiger charge is 2.10. The standard InChI is InChI=1S/C15H12FN3O2/c16-11-4-2-1-3-10(11)14(20)17-8-9-5-6-12-13(7-9)19-15(21)18-12/h1-7H,8H2,(H,17,20)(H2,18,19,21). The van der Waals surface area contributed by atoms with Crippen molar-refractivity contribution in [3.63, 3.8) is 0 Å². The second kappa shape index (κ2) is 5.24. The summed E-state index contributed by atoms with van der Waals surface area (Å²) in [6.07, 6.45) is 0. The number of rotatable bonds is 3. The van der Waals surface area contributed by atoms with Crippen molar-refractivity contribution in [2.24, 2.45) is 0 Å². The minimum Gasteiger partial charge on any atom is -0.348 e. The second-order valence-corrected chi connectivity index (χ2v) is 4.62. The molecule has 0 radical (unpaired) electrons. The van der Waals surface area contributed by atoms with Crippen LogP contribution in [-0.2, 0) is 6.54 Å². The Balaban J connectivity index is 1.75. The summed E-state index contributed by atoms with van der Waals surface area (Å²) in [5.41, 5.74) is 1.90. The van der Waals surface area contributed by atoms with Gasteiger partial charge in [-0.05, 0) is 29.8 Å². The maximum absolute atomic E-state index is 13.5. The molecule has 3 aromatic rings. The minimum atomic E-state index is -0.555. The first kappa shape index (κ1) is 13.1. The van der Waals surface area contributed by atoms with Gasteiger partial charge in [0.25, 0.3) is 5.91 Å². The van der Waals surface area contributed by atoms with E-state index in [0.29, 0.717) is 11.0 Å². The number of nitrogens with one attached hydrogen (secondary N) is 3. The molecule has 0 unspecified atom stereocenters. The quantitative estimate of drug-likeness (QED) is 0.687. The van der Waals surface area contributed by atoms with Gasteiger partial charge in [-0.2, -0.15) is 0 Å². The van der Waals surface area contributed by atoms with Crippen molar-refractivity contribution in [2.45, 2.75) is 6.54 Å². The summed E-state index contributed by atoms with van der Waals surface area (Å²) in [6.45, 7) is 0.246. The highest BCUT2D eigenvalue weighted by Crippen LogP contribution is 2.11.